The number of nitrogens with zero attached hydrogens (tertiary/aromatic N) is 3. The van der Waals surface area contributed by atoms with E-state index in [1.807, 2.05) is 39.8 Å². The molecule has 0 bridgehead atoms. The standard InChI is InChI=1S/C21H27N3O2S/c1-14(2)10-18-15(3)19(27-23-18)24(20(25)26-21(4,5)6)13-17-9-7-8-16(11-17)12-22/h7-9,11,14H,10,13H2,1-6H3. The van der Waals surface area contributed by atoms with Gasteiger partial charge in [-0.1, -0.05) is 26.0 Å². The summed E-state index contributed by atoms with van der Waals surface area (Å²) in [4.78, 5) is 14.5. The lowest BCUT2D eigenvalue weighted by Gasteiger charge is -2.27. The maximum Gasteiger partial charge on any atom is 0.415 e. The third kappa shape index (κ3) is 5.80. The molecule has 0 unspecified atom stereocenters. The molecular weight excluding hydrogens is 358 g/mol. The molecule has 27 heavy (non-hydrogen) atoms. The van der Waals surface area contributed by atoms with E-state index in [1.165, 1.54) is 11.5 Å². The molecule has 1 aromatic heterocycles. The van der Waals surface area contributed by atoms with Gasteiger partial charge in [0.05, 0.1) is 23.9 Å². The van der Waals surface area contributed by atoms with E-state index in [0.717, 1.165) is 28.2 Å². The highest BCUT2D eigenvalue weighted by Gasteiger charge is 2.27. The van der Waals surface area contributed by atoms with Gasteiger partial charge in [0, 0.05) is 5.56 Å². The summed E-state index contributed by atoms with van der Waals surface area (Å²) in [5.74, 6) is 0.487. The summed E-state index contributed by atoms with van der Waals surface area (Å²) in [5, 5.41) is 9.94. The van der Waals surface area contributed by atoms with Crippen LogP contribution in [0.4, 0.5) is 9.80 Å². The van der Waals surface area contributed by atoms with Crippen LogP contribution in [0.25, 0.3) is 0 Å². The molecule has 2 rings (SSSR count). The third-order valence-corrected chi connectivity index (χ3v) is 4.86. The normalized spacial score (nSPS) is 11.3. The quantitative estimate of drug-likeness (QED) is 0.685. The van der Waals surface area contributed by atoms with Crippen LogP contribution in [0.2, 0.25) is 0 Å². The second kappa shape index (κ2) is 8.53. The van der Waals surface area contributed by atoms with Gasteiger partial charge in [0.1, 0.15) is 10.6 Å². The van der Waals surface area contributed by atoms with E-state index in [0.29, 0.717) is 18.0 Å². The molecule has 1 heterocycles. The van der Waals surface area contributed by atoms with Crippen molar-refractivity contribution in [3.63, 3.8) is 0 Å². The number of hydrogen-bond donors (Lipinski definition) is 0. The second-order valence-corrected chi connectivity index (χ2v) is 8.79. The van der Waals surface area contributed by atoms with Crippen molar-refractivity contribution in [3.05, 3.63) is 46.6 Å². The summed E-state index contributed by atoms with van der Waals surface area (Å²) >= 11 is 1.32. The minimum Gasteiger partial charge on any atom is -0.443 e. The van der Waals surface area contributed by atoms with Crippen molar-refractivity contribution in [2.45, 2.75) is 60.1 Å². The van der Waals surface area contributed by atoms with Crippen molar-refractivity contribution < 1.29 is 9.53 Å². The molecule has 0 atom stereocenters. The van der Waals surface area contributed by atoms with Gasteiger partial charge in [-0.3, -0.25) is 4.90 Å². The maximum absolute atomic E-state index is 12.9. The monoisotopic (exact) mass is 385 g/mol. The molecule has 5 nitrogen and oxygen atoms in total. The van der Waals surface area contributed by atoms with Crippen molar-refractivity contribution in [1.29, 1.82) is 5.26 Å². The number of rotatable bonds is 5. The third-order valence-electron chi connectivity index (χ3n) is 3.85. The van der Waals surface area contributed by atoms with Gasteiger partial charge in [0.25, 0.3) is 0 Å². The molecule has 0 saturated carbocycles. The minimum absolute atomic E-state index is 0.328. The van der Waals surface area contributed by atoms with Gasteiger partial charge < -0.3 is 4.74 Å². The van der Waals surface area contributed by atoms with Gasteiger partial charge in [0.2, 0.25) is 0 Å². The molecule has 0 aliphatic carbocycles. The van der Waals surface area contributed by atoms with E-state index in [1.54, 1.807) is 17.0 Å². The fourth-order valence-electron chi connectivity index (χ4n) is 2.65. The first-order chi connectivity index (χ1) is 12.6. The van der Waals surface area contributed by atoms with Crippen LogP contribution in [0.1, 0.15) is 57.0 Å². The number of carbonyl (C=O) groups excluding carboxylic acids is 1. The average molecular weight is 386 g/mol. The Morgan fingerprint density at radius 3 is 2.67 bits per heavy atom. The maximum atomic E-state index is 12.9. The Morgan fingerprint density at radius 1 is 1.37 bits per heavy atom. The highest BCUT2D eigenvalue weighted by Crippen LogP contribution is 2.32. The van der Waals surface area contributed by atoms with Gasteiger partial charge in [-0.15, -0.1) is 0 Å². The predicted molar refractivity (Wildman–Crippen MR) is 109 cm³/mol. The van der Waals surface area contributed by atoms with Crippen LogP contribution in [-0.4, -0.2) is 16.1 Å². The highest BCUT2D eigenvalue weighted by atomic mass is 32.1. The first-order valence-corrected chi connectivity index (χ1v) is 9.82. The molecule has 6 heteroatoms. The topological polar surface area (TPSA) is 66.2 Å². The molecule has 0 saturated heterocycles. The Balaban J connectivity index is 2.39. The molecule has 0 N–H and O–H groups in total. The van der Waals surface area contributed by atoms with Gasteiger partial charge in [-0.05, 0) is 69.3 Å². The molecular formula is C21H27N3O2S. The molecule has 2 aromatic rings. The fourth-order valence-corrected chi connectivity index (χ4v) is 3.55. The zero-order chi connectivity index (χ0) is 20.2. The van der Waals surface area contributed by atoms with E-state index in [4.69, 9.17) is 10.00 Å². The molecule has 0 radical (unpaired) electrons. The summed E-state index contributed by atoms with van der Waals surface area (Å²) in [6.07, 6.45) is 0.460. The Hall–Kier alpha value is -2.39. The SMILES string of the molecule is Cc1c(CC(C)C)nsc1N(Cc1cccc(C#N)c1)C(=O)OC(C)(C)C. The fraction of sp³-hybridized carbons (Fsp3) is 0.476. The summed E-state index contributed by atoms with van der Waals surface area (Å²) in [6, 6.07) is 9.42. The van der Waals surface area contributed by atoms with Crippen molar-refractivity contribution in [2.24, 2.45) is 5.92 Å². The largest absolute Gasteiger partial charge is 0.443 e. The van der Waals surface area contributed by atoms with Gasteiger partial charge in [-0.25, -0.2) is 4.79 Å². The van der Waals surface area contributed by atoms with Crippen LogP contribution < -0.4 is 4.90 Å². The van der Waals surface area contributed by atoms with Crippen LogP contribution in [-0.2, 0) is 17.7 Å². The Labute approximate surface area is 165 Å². The molecule has 0 aliphatic heterocycles. The van der Waals surface area contributed by atoms with Crippen LogP contribution in [0.5, 0.6) is 0 Å². The summed E-state index contributed by atoms with van der Waals surface area (Å²) in [5.41, 5.74) is 2.88. The number of amides is 1. The zero-order valence-corrected chi connectivity index (χ0v) is 17.7. The van der Waals surface area contributed by atoms with E-state index in [-0.39, 0.29) is 0 Å². The lowest BCUT2D eigenvalue weighted by Crippen LogP contribution is -2.36. The van der Waals surface area contributed by atoms with Gasteiger partial charge in [-0.2, -0.15) is 9.64 Å². The van der Waals surface area contributed by atoms with Crippen molar-refractivity contribution in [3.8, 4) is 6.07 Å². The number of ether oxygens (including phenoxy) is 1. The Morgan fingerprint density at radius 2 is 2.07 bits per heavy atom. The first-order valence-electron chi connectivity index (χ1n) is 9.05. The number of carbonyl (C=O) groups is 1. The Bertz CT molecular complexity index is 844. The number of anilines is 1. The van der Waals surface area contributed by atoms with Crippen molar-refractivity contribution >= 4 is 22.6 Å². The van der Waals surface area contributed by atoms with Crippen LogP contribution in [0.3, 0.4) is 0 Å². The number of nitriles is 1. The highest BCUT2D eigenvalue weighted by molar-refractivity contribution is 7.10. The minimum atomic E-state index is -0.594. The lowest BCUT2D eigenvalue weighted by atomic mass is 10.1. The van der Waals surface area contributed by atoms with Crippen molar-refractivity contribution in [2.75, 3.05) is 4.90 Å². The van der Waals surface area contributed by atoms with Crippen LogP contribution >= 0.6 is 11.5 Å². The molecule has 144 valence electrons. The van der Waals surface area contributed by atoms with Crippen LogP contribution in [0, 0.1) is 24.2 Å². The van der Waals surface area contributed by atoms with Gasteiger partial charge >= 0.3 is 6.09 Å². The second-order valence-electron chi connectivity index (χ2n) is 8.04. The van der Waals surface area contributed by atoms with Crippen molar-refractivity contribution in [1.82, 2.24) is 4.37 Å². The first kappa shape index (κ1) is 20.9. The van der Waals surface area contributed by atoms with E-state index in [2.05, 4.69) is 24.3 Å². The predicted octanol–water partition coefficient (Wildman–Crippen LogP) is 5.46. The lowest BCUT2D eigenvalue weighted by molar-refractivity contribution is 0.0578. The molecule has 1 amide bonds. The molecule has 1 aromatic carbocycles. The zero-order valence-electron chi connectivity index (χ0n) is 16.9. The molecule has 0 fully saturated rings. The molecule has 0 spiro atoms. The van der Waals surface area contributed by atoms with Gasteiger partial charge in [0.15, 0.2) is 0 Å². The average Bonchev–Trinajstić information content (AvgIpc) is 2.91. The summed E-state index contributed by atoms with van der Waals surface area (Å²) in [6.45, 7) is 12.2. The molecule has 0 aliphatic rings. The smallest absolute Gasteiger partial charge is 0.415 e. The van der Waals surface area contributed by atoms with E-state index < -0.39 is 11.7 Å². The number of hydrogen-bond acceptors (Lipinski definition) is 5. The Kier molecular flexibility index (Phi) is 6.61. The summed E-state index contributed by atoms with van der Waals surface area (Å²) in [7, 11) is 0. The van der Waals surface area contributed by atoms with E-state index in [9.17, 15) is 4.79 Å². The number of aromatic nitrogens is 1. The summed E-state index contributed by atoms with van der Waals surface area (Å²) < 4.78 is 10.2. The van der Waals surface area contributed by atoms with E-state index >= 15 is 0 Å². The van der Waals surface area contributed by atoms with Crippen LogP contribution in [0.15, 0.2) is 24.3 Å². The number of benzene rings is 1.